The highest BCUT2D eigenvalue weighted by Gasteiger charge is 2.19. The largest absolute Gasteiger partial charge is 0.333 e. The molecule has 0 heterocycles. The molecule has 0 spiro atoms. The molecule has 0 unspecified atom stereocenters. The summed E-state index contributed by atoms with van der Waals surface area (Å²) in [6.45, 7) is 0.319. The number of rotatable bonds is 8. The van der Waals surface area contributed by atoms with Crippen LogP contribution in [0.1, 0.15) is 11.1 Å². The Kier molecular flexibility index (Phi) is 6.74. The second-order valence-electron chi connectivity index (χ2n) is 6.50. The standard InChI is InChI=1S/C22H21FN2O3S/c23-20-11-13-21(14-12-20)29(27,28)24-15-22(26)25(16-18-7-3-1-4-8-18)17-19-9-5-2-6-10-19/h1-14,24H,15-17H2. The van der Waals surface area contributed by atoms with Gasteiger partial charge in [0.2, 0.25) is 15.9 Å². The minimum Gasteiger partial charge on any atom is -0.333 e. The van der Waals surface area contributed by atoms with E-state index in [0.717, 1.165) is 35.4 Å². The molecule has 3 rings (SSSR count). The zero-order valence-electron chi connectivity index (χ0n) is 15.7. The number of amides is 1. The molecule has 3 aromatic carbocycles. The predicted octanol–water partition coefficient (Wildman–Crippen LogP) is 3.33. The van der Waals surface area contributed by atoms with Gasteiger partial charge in [0, 0.05) is 13.1 Å². The molecule has 0 atom stereocenters. The van der Waals surface area contributed by atoms with Crippen molar-refractivity contribution in [2.24, 2.45) is 0 Å². The van der Waals surface area contributed by atoms with Crippen molar-refractivity contribution in [3.63, 3.8) is 0 Å². The van der Waals surface area contributed by atoms with Gasteiger partial charge in [-0.2, -0.15) is 0 Å². The van der Waals surface area contributed by atoms with Crippen LogP contribution in [0.4, 0.5) is 4.39 Å². The van der Waals surface area contributed by atoms with Gasteiger partial charge in [-0.05, 0) is 35.4 Å². The van der Waals surface area contributed by atoms with Gasteiger partial charge in [0.05, 0.1) is 11.4 Å². The van der Waals surface area contributed by atoms with Crippen LogP contribution in [0.2, 0.25) is 0 Å². The highest BCUT2D eigenvalue weighted by molar-refractivity contribution is 7.89. The Bertz CT molecular complexity index is 999. The van der Waals surface area contributed by atoms with E-state index in [2.05, 4.69) is 4.72 Å². The van der Waals surface area contributed by atoms with Gasteiger partial charge < -0.3 is 4.90 Å². The number of hydrogen-bond donors (Lipinski definition) is 1. The smallest absolute Gasteiger partial charge is 0.241 e. The van der Waals surface area contributed by atoms with Gasteiger partial charge in [0.15, 0.2) is 0 Å². The fraction of sp³-hybridized carbons (Fsp3) is 0.136. The molecule has 5 nitrogen and oxygen atoms in total. The Morgan fingerprint density at radius 1 is 0.793 bits per heavy atom. The first-order valence-corrected chi connectivity index (χ1v) is 10.5. The topological polar surface area (TPSA) is 66.5 Å². The molecule has 3 aromatic rings. The molecule has 0 bridgehead atoms. The Balaban J connectivity index is 1.72. The van der Waals surface area contributed by atoms with Crippen LogP contribution >= 0.6 is 0 Å². The van der Waals surface area contributed by atoms with E-state index >= 15 is 0 Å². The molecular weight excluding hydrogens is 391 g/mol. The van der Waals surface area contributed by atoms with Gasteiger partial charge in [-0.1, -0.05) is 60.7 Å². The zero-order chi connectivity index (χ0) is 20.7. The number of carbonyl (C=O) groups excluding carboxylic acids is 1. The van der Waals surface area contributed by atoms with Gasteiger partial charge in [-0.3, -0.25) is 4.79 Å². The number of nitrogens with one attached hydrogen (secondary N) is 1. The first-order chi connectivity index (χ1) is 13.9. The summed E-state index contributed by atoms with van der Waals surface area (Å²) in [5, 5.41) is 0. The molecule has 0 fully saturated rings. The molecule has 0 saturated carbocycles. The van der Waals surface area contributed by atoms with Crippen molar-refractivity contribution in [2.45, 2.75) is 18.0 Å². The number of hydrogen-bond acceptors (Lipinski definition) is 3. The number of halogens is 1. The average Bonchev–Trinajstić information content (AvgIpc) is 2.73. The van der Waals surface area contributed by atoms with E-state index in [1.165, 1.54) is 0 Å². The van der Waals surface area contributed by atoms with Crippen LogP contribution in [0, 0.1) is 5.82 Å². The van der Waals surface area contributed by atoms with Crippen molar-refractivity contribution in [1.82, 2.24) is 9.62 Å². The summed E-state index contributed by atoms with van der Waals surface area (Å²) in [5.41, 5.74) is 1.89. The second kappa shape index (κ2) is 9.45. The lowest BCUT2D eigenvalue weighted by Gasteiger charge is -2.23. The third-order valence-corrected chi connectivity index (χ3v) is 5.74. The Morgan fingerprint density at radius 2 is 1.28 bits per heavy atom. The van der Waals surface area contributed by atoms with Crippen LogP contribution < -0.4 is 4.72 Å². The van der Waals surface area contributed by atoms with E-state index < -0.39 is 15.8 Å². The molecule has 1 amide bonds. The Hall–Kier alpha value is -3.03. The lowest BCUT2D eigenvalue weighted by Crippen LogP contribution is -2.39. The maximum absolute atomic E-state index is 13.0. The number of carbonyl (C=O) groups is 1. The van der Waals surface area contributed by atoms with Crippen LogP contribution in [0.5, 0.6) is 0 Å². The first-order valence-electron chi connectivity index (χ1n) is 9.05. The average molecular weight is 412 g/mol. The summed E-state index contributed by atoms with van der Waals surface area (Å²) < 4.78 is 40.1. The van der Waals surface area contributed by atoms with Crippen molar-refractivity contribution in [3.05, 3.63) is 102 Å². The van der Waals surface area contributed by atoms with Crippen LogP contribution in [0.25, 0.3) is 0 Å². The number of benzene rings is 3. The molecule has 0 radical (unpaired) electrons. The second-order valence-corrected chi connectivity index (χ2v) is 8.27. The third-order valence-electron chi connectivity index (χ3n) is 4.32. The van der Waals surface area contributed by atoms with E-state index in [0.29, 0.717) is 13.1 Å². The summed E-state index contributed by atoms with van der Waals surface area (Å²) in [7, 11) is -3.92. The van der Waals surface area contributed by atoms with Crippen LogP contribution in [-0.4, -0.2) is 25.8 Å². The molecule has 29 heavy (non-hydrogen) atoms. The quantitative estimate of drug-likeness (QED) is 0.617. The van der Waals surface area contributed by atoms with Crippen LogP contribution in [0.3, 0.4) is 0 Å². The fourth-order valence-corrected chi connectivity index (χ4v) is 3.78. The minimum absolute atomic E-state index is 0.0932. The van der Waals surface area contributed by atoms with Crippen LogP contribution in [-0.2, 0) is 27.9 Å². The lowest BCUT2D eigenvalue weighted by atomic mass is 10.1. The summed E-state index contributed by atoms with van der Waals surface area (Å²) in [4.78, 5) is 14.3. The van der Waals surface area contributed by atoms with E-state index in [9.17, 15) is 17.6 Å². The van der Waals surface area contributed by atoms with Crippen LogP contribution in [0.15, 0.2) is 89.8 Å². The summed E-state index contributed by atoms with van der Waals surface area (Å²) >= 11 is 0. The molecular formula is C22H21FN2O3S. The molecule has 0 aliphatic carbocycles. The normalized spacial score (nSPS) is 11.2. The number of sulfonamides is 1. The summed E-state index contributed by atoms with van der Waals surface area (Å²) in [5.74, 6) is -0.889. The number of nitrogens with zero attached hydrogens (tertiary/aromatic N) is 1. The van der Waals surface area contributed by atoms with E-state index in [1.807, 2.05) is 60.7 Å². The third kappa shape index (κ3) is 5.97. The summed E-state index contributed by atoms with van der Waals surface area (Å²) in [6, 6.07) is 23.4. The van der Waals surface area contributed by atoms with Gasteiger partial charge in [-0.15, -0.1) is 0 Å². The Labute approximate surface area is 169 Å². The molecule has 0 aliphatic heterocycles. The molecule has 0 aliphatic rings. The van der Waals surface area contributed by atoms with Crippen molar-refractivity contribution in [3.8, 4) is 0 Å². The van der Waals surface area contributed by atoms with Gasteiger partial charge in [-0.25, -0.2) is 17.5 Å². The fourth-order valence-electron chi connectivity index (χ4n) is 2.81. The molecule has 150 valence electrons. The van der Waals surface area contributed by atoms with E-state index in [4.69, 9.17) is 0 Å². The van der Waals surface area contributed by atoms with Gasteiger partial charge in [0.25, 0.3) is 0 Å². The molecule has 1 N–H and O–H groups in total. The first kappa shape index (κ1) is 20.7. The maximum atomic E-state index is 13.0. The van der Waals surface area contributed by atoms with E-state index in [-0.39, 0.29) is 17.3 Å². The van der Waals surface area contributed by atoms with Crippen molar-refractivity contribution >= 4 is 15.9 Å². The van der Waals surface area contributed by atoms with Crippen molar-refractivity contribution < 1.29 is 17.6 Å². The van der Waals surface area contributed by atoms with Crippen molar-refractivity contribution in [1.29, 1.82) is 0 Å². The lowest BCUT2D eigenvalue weighted by molar-refractivity contribution is -0.131. The van der Waals surface area contributed by atoms with Gasteiger partial charge >= 0.3 is 0 Å². The molecule has 7 heteroatoms. The highest BCUT2D eigenvalue weighted by atomic mass is 32.2. The maximum Gasteiger partial charge on any atom is 0.241 e. The summed E-state index contributed by atoms with van der Waals surface area (Å²) in [6.07, 6.45) is 0. The minimum atomic E-state index is -3.92. The molecule has 0 aromatic heterocycles. The highest BCUT2D eigenvalue weighted by Crippen LogP contribution is 2.12. The predicted molar refractivity (Wildman–Crippen MR) is 109 cm³/mol. The van der Waals surface area contributed by atoms with E-state index in [1.54, 1.807) is 4.90 Å². The monoisotopic (exact) mass is 412 g/mol. The Morgan fingerprint density at radius 3 is 1.76 bits per heavy atom. The molecule has 0 saturated heterocycles. The SMILES string of the molecule is O=C(CNS(=O)(=O)c1ccc(F)cc1)N(Cc1ccccc1)Cc1ccccc1. The van der Waals surface area contributed by atoms with Crippen molar-refractivity contribution in [2.75, 3.05) is 6.54 Å². The van der Waals surface area contributed by atoms with Gasteiger partial charge in [0.1, 0.15) is 5.82 Å². The zero-order valence-corrected chi connectivity index (χ0v) is 16.5.